The number of rotatable bonds is 4. The van der Waals surface area contributed by atoms with Gasteiger partial charge in [-0.25, -0.2) is 17.9 Å². The molecule has 0 aliphatic carbocycles. The van der Waals surface area contributed by atoms with Gasteiger partial charge in [-0.15, -0.1) is 0 Å². The predicted octanol–water partition coefficient (Wildman–Crippen LogP) is 2.65. The van der Waals surface area contributed by atoms with Crippen LogP contribution in [0.2, 0.25) is 0 Å². The predicted molar refractivity (Wildman–Crippen MR) is 112 cm³/mol. The van der Waals surface area contributed by atoms with Crippen LogP contribution < -0.4 is 9.62 Å². The summed E-state index contributed by atoms with van der Waals surface area (Å²) >= 11 is 3.38. The Kier molecular flexibility index (Phi) is 6.54. The minimum atomic E-state index is -3.80. The molecule has 0 radical (unpaired) electrons. The minimum Gasteiger partial charge on any atom is -0.450 e. The van der Waals surface area contributed by atoms with E-state index in [0.29, 0.717) is 49.1 Å². The summed E-state index contributed by atoms with van der Waals surface area (Å²) in [6.45, 7) is 6.37. The van der Waals surface area contributed by atoms with E-state index in [1.807, 2.05) is 6.92 Å². The molecule has 0 aromatic heterocycles. The Morgan fingerprint density at radius 3 is 2.52 bits per heavy atom. The first-order valence-corrected chi connectivity index (χ1v) is 12.0. The molecular formula is C19H26BrN3O5S. The summed E-state index contributed by atoms with van der Waals surface area (Å²) in [5.41, 5.74) is 1.59. The highest BCUT2D eigenvalue weighted by Crippen LogP contribution is 2.38. The zero-order chi connectivity index (χ0) is 21.3. The largest absolute Gasteiger partial charge is 0.450 e. The average molecular weight is 488 g/mol. The van der Waals surface area contributed by atoms with Crippen LogP contribution in [0.1, 0.15) is 39.2 Å². The molecule has 1 aromatic rings. The molecular weight excluding hydrogens is 462 g/mol. The van der Waals surface area contributed by atoms with Gasteiger partial charge in [0.1, 0.15) is 0 Å². The van der Waals surface area contributed by atoms with Crippen LogP contribution >= 0.6 is 15.9 Å². The van der Waals surface area contributed by atoms with E-state index < -0.39 is 10.0 Å². The number of carbonyl (C=O) groups excluding carboxylic acids is 2. The van der Waals surface area contributed by atoms with Crippen molar-refractivity contribution < 1.29 is 22.7 Å². The summed E-state index contributed by atoms with van der Waals surface area (Å²) in [5, 5.41) is 0. The first-order chi connectivity index (χ1) is 13.6. The third-order valence-corrected chi connectivity index (χ3v) is 7.80. The number of ether oxygens (including phenoxy) is 1. The van der Waals surface area contributed by atoms with Gasteiger partial charge in [-0.3, -0.25) is 4.79 Å². The van der Waals surface area contributed by atoms with Gasteiger partial charge in [-0.2, -0.15) is 0 Å². The van der Waals surface area contributed by atoms with Gasteiger partial charge in [0.2, 0.25) is 15.9 Å². The Labute approximate surface area is 179 Å². The quantitative estimate of drug-likeness (QED) is 0.703. The Morgan fingerprint density at radius 2 is 1.93 bits per heavy atom. The fraction of sp³-hybridized carbons (Fsp3) is 0.579. The van der Waals surface area contributed by atoms with E-state index in [-0.39, 0.29) is 29.0 Å². The second-order valence-electron chi connectivity index (χ2n) is 7.44. The van der Waals surface area contributed by atoms with E-state index in [2.05, 4.69) is 20.7 Å². The summed E-state index contributed by atoms with van der Waals surface area (Å²) in [6.07, 6.45) is 1.34. The number of halogens is 1. The van der Waals surface area contributed by atoms with E-state index >= 15 is 0 Å². The van der Waals surface area contributed by atoms with Gasteiger partial charge in [-0.1, -0.05) is 0 Å². The number of nitrogens with one attached hydrogen (secondary N) is 1. The maximum Gasteiger partial charge on any atom is 0.409 e. The van der Waals surface area contributed by atoms with E-state index in [9.17, 15) is 18.0 Å². The van der Waals surface area contributed by atoms with Gasteiger partial charge in [0, 0.05) is 42.3 Å². The van der Waals surface area contributed by atoms with E-state index in [1.54, 1.807) is 28.9 Å². The van der Waals surface area contributed by atoms with Crippen LogP contribution in [-0.2, 0) is 26.0 Å². The second-order valence-corrected chi connectivity index (χ2v) is 9.97. The van der Waals surface area contributed by atoms with E-state index in [4.69, 9.17) is 4.74 Å². The molecule has 2 heterocycles. The smallest absolute Gasteiger partial charge is 0.409 e. The molecule has 2 aliphatic rings. The maximum atomic E-state index is 13.0. The topological polar surface area (TPSA) is 96.0 Å². The Morgan fingerprint density at radius 1 is 1.28 bits per heavy atom. The molecule has 1 saturated heterocycles. The van der Waals surface area contributed by atoms with Crippen LogP contribution in [0.3, 0.4) is 0 Å². The summed E-state index contributed by atoms with van der Waals surface area (Å²) in [4.78, 5) is 27.2. The van der Waals surface area contributed by atoms with Crippen LogP contribution in [-0.4, -0.2) is 57.1 Å². The average Bonchev–Trinajstić information content (AvgIpc) is 2.96. The van der Waals surface area contributed by atoms with Gasteiger partial charge >= 0.3 is 6.09 Å². The number of hydrogen-bond acceptors (Lipinski definition) is 5. The standard InChI is InChI=1S/C19H26BrN3O5S/c1-4-28-19(25)22-7-5-15(6-8-22)21-29(26,27)18-11-17-14(10-16(18)20)9-12(2)23(17)13(3)24/h10-12,15,21H,4-9H2,1-3H3/t12-/m0/s1. The number of sulfonamides is 1. The zero-order valence-corrected chi connectivity index (χ0v) is 19.2. The van der Waals surface area contributed by atoms with Crippen molar-refractivity contribution in [3.05, 3.63) is 22.2 Å². The fourth-order valence-corrected chi connectivity index (χ4v) is 6.40. The number of piperidine rings is 1. The molecule has 29 heavy (non-hydrogen) atoms. The SMILES string of the molecule is CCOC(=O)N1CCC(NS(=O)(=O)c2cc3c(cc2Br)C[C@H](C)N3C(C)=O)CC1. The molecule has 1 fully saturated rings. The lowest BCUT2D eigenvalue weighted by molar-refractivity contribution is -0.116. The van der Waals surface area contributed by atoms with Crippen molar-refractivity contribution in [3.63, 3.8) is 0 Å². The molecule has 2 aliphatic heterocycles. The highest BCUT2D eigenvalue weighted by Gasteiger charge is 2.33. The van der Waals surface area contributed by atoms with Gasteiger partial charge in [0.25, 0.3) is 0 Å². The van der Waals surface area contributed by atoms with Crippen molar-refractivity contribution in [1.82, 2.24) is 9.62 Å². The number of benzene rings is 1. The minimum absolute atomic E-state index is 0.00693. The normalized spacial score (nSPS) is 19.9. The summed E-state index contributed by atoms with van der Waals surface area (Å²) in [7, 11) is -3.80. The van der Waals surface area contributed by atoms with Crippen LogP contribution in [0, 0.1) is 0 Å². The molecule has 10 heteroatoms. The maximum absolute atomic E-state index is 13.0. The van der Waals surface area contributed by atoms with E-state index in [1.165, 1.54) is 6.92 Å². The number of likely N-dealkylation sites (tertiary alicyclic amines) is 1. The molecule has 160 valence electrons. The zero-order valence-electron chi connectivity index (χ0n) is 16.8. The Bertz CT molecular complexity index is 913. The first-order valence-electron chi connectivity index (χ1n) is 9.70. The van der Waals surface area contributed by atoms with Crippen molar-refractivity contribution in [2.75, 3.05) is 24.6 Å². The lowest BCUT2D eigenvalue weighted by Gasteiger charge is -2.31. The molecule has 1 aromatic carbocycles. The number of fused-ring (bicyclic) bond motifs is 1. The van der Waals surface area contributed by atoms with Gasteiger partial charge < -0.3 is 14.5 Å². The lowest BCUT2D eigenvalue weighted by atomic mass is 10.1. The molecule has 0 spiro atoms. The third kappa shape index (κ3) is 4.59. The number of carbonyl (C=O) groups is 2. The van der Waals surface area contributed by atoms with Crippen molar-refractivity contribution in [2.24, 2.45) is 0 Å². The van der Waals surface area contributed by atoms with Crippen molar-refractivity contribution in [3.8, 4) is 0 Å². The molecule has 8 nitrogen and oxygen atoms in total. The van der Waals surface area contributed by atoms with Crippen LogP contribution in [0.15, 0.2) is 21.5 Å². The van der Waals surface area contributed by atoms with Crippen LogP contribution in [0.25, 0.3) is 0 Å². The summed E-state index contributed by atoms with van der Waals surface area (Å²) in [6, 6.07) is 3.08. The van der Waals surface area contributed by atoms with Crippen LogP contribution in [0.5, 0.6) is 0 Å². The molecule has 1 atom stereocenters. The molecule has 3 rings (SSSR count). The van der Waals surface area contributed by atoms with Gasteiger partial charge in [0.15, 0.2) is 0 Å². The van der Waals surface area contributed by atoms with Crippen molar-refractivity contribution in [1.29, 1.82) is 0 Å². The first kappa shape index (κ1) is 22.0. The molecule has 0 bridgehead atoms. The Hall–Kier alpha value is -1.65. The lowest BCUT2D eigenvalue weighted by Crippen LogP contribution is -2.46. The van der Waals surface area contributed by atoms with Gasteiger partial charge in [0.05, 0.1) is 11.5 Å². The molecule has 1 N–H and O–H groups in total. The third-order valence-electron chi connectivity index (χ3n) is 5.32. The number of amides is 2. The summed E-state index contributed by atoms with van der Waals surface area (Å²) in [5.74, 6) is -0.110. The fourth-order valence-electron chi connectivity index (χ4n) is 3.98. The highest BCUT2D eigenvalue weighted by atomic mass is 79.9. The molecule has 2 amide bonds. The number of anilines is 1. The van der Waals surface area contributed by atoms with E-state index in [0.717, 1.165) is 5.56 Å². The number of nitrogens with zero attached hydrogens (tertiary/aromatic N) is 2. The highest BCUT2D eigenvalue weighted by molar-refractivity contribution is 9.10. The van der Waals surface area contributed by atoms with Crippen LogP contribution in [0.4, 0.5) is 10.5 Å². The summed E-state index contributed by atoms with van der Waals surface area (Å²) < 4.78 is 34.3. The Balaban J connectivity index is 1.76. The van der Waals surface area contributed by atoms with Crippen molar-refractivity contribution in [2.45, 2.75) is 57.0 Å². The second kappa shape index (κ2) is 8.61. The van der Waals surface area contributed by atoms with Gasteiger partial charge in [-0.05, 0) is 66.7 Å². The monoisotopic (exact) mass is 487 g/mol. The van der Waals surface area contributed by atoms with Crippen molar-refractivity contribution >= 4 is 43.6 Å². The molecule has 0 saturated carbocycles. The molecule has 0 unspecified atom stereocenters. The number of hydrogen-bond donors (Lipinski definition) is 1.